The Hall–Kier alpha value is -0.860. The van der Waals surface area contributed by atoms with Crippen LogP contribution in [0.15, 0.2) is 30.3 Å². The van der Waals surface area contributed by atoms with E-state index in [4.69, 9.17) is 0 Å². The predicted molar refractivity (Wildman–Crippen MR) is 73.6 cm³/mol. The Morgan fingerprint density at radius 1 is 1.00 bits per heavy atom. The first kappa shape index (κ1) is 11.0. The number of piperidine rings is 1. The highest BCUT2D eigenvalue weighted by Crippen LogP contribution is 2.43. The zero-order valence-corrected chi connectivity index (χ0v) is 10.8. The third-order valence-electron chi connectivity index (χ3n) is 5.16. The van der Waals surface area contributed by atoms with Crippen molar-refractivity contribution >= 4 is 0 Å². The monoisotopic (exact) mass is 242 g/mol. The molecule has 2 aliphatic carbocycles. The number of rotatable bonds is 3. The molecule has 3 fully saturated rings. The van der Waals surface area contributed by atoms with Crippen molar-refractivity contribution in [3.8, 4) is 0 Å². The van der Waals surface area contributed by atoms with Crippen LogP contribution in [0.2, 0.25) is 0 Å². The molecule has 0 aromatic heterocycles. The summed E-state index contributed by atoms with van der Waals surface area (Å²) in [6.07, 6.45) is 4.20. The molecule has 2 nitrogen and oxygen atoms in total. The van der Waals surface area contributed by atoms with E-state index in [1.807, 2.05) is 0 Å². The molecule has 1 aromatic rings. The van der Waals surface area contributed by atoms with E-state index in [0.29, 0.717) is 0 Å². The highest BCUT2D eigenvalue weighted by atomic mass is 15.1. The summed E-state index contributed by atoms with van der Waals surface area (Å²) in [5.74, 6) is 2.56. The molecule has 1 aromatic carbocycles. The van der Waals surface area contributed by atoms with Crippen LogP contribution in [-0.2, 0) is 0 Å². The fraction of sp³-hybridized carbons (Fsp3) is 0.625. The van der Waals surface area contributed by atoms with E-state index in [-0.39, 0.29) is 0 Å². The van der Waals surface area contributed by atoms with Gasteiger partial charge in [-0.05, 0) is 49.8 Å². The maximum Gasteiger partial charge on any atom is 0.0151 e. The van der Waals surface area contributed by atoms with Gasteiger partial charge in [0.25, 0.3) is 0 Å². The molecule has 1 aliphatic heterocycles. The summed E-state index contributed by atoms with van der Waals surface area (Å²) in [4.78, 5) is 0. The normalized spacial score (nSPS) is 41.9. The van der Waals surface area contributed by atoms with Crippen molar-refractivity contribution < 1.29 is 0 Å². The van der Waals surface area contributed by atoms with E-state index in [0.717, 1.165) is 29.8 Å². The first-order chi connectivity index (χ1) is 8.92. The molecular formula is C16H22N2. The van der Waals surface area contributed by atoms with Crippen LogP contribution in [0.5, 0.6) is 0 Å². The molecule has 1 saturated heterocycles. The van der Waals surface area contributed by atoms with Gasteiger partial charge in [0.1, 0.15) is 0 Å². The largest absolute Gasteiger partial charge is 0.316 e. The highest BCUT2D eigenvalue weighted by Gasteiger charge is 2.45. The lowest BCUT2D eigenvalue weighted by atomic mass is 9.93. The summed E-state index contributed by atoms with van der Waals surface area (Å²) in [6.45, 7) is 2.47. The van der Waals surface area contributed by atoms with Crippen LogP contribution in [0.25, 0.3) is 0 Å². The van der Waals surface area contributed by atoms with Crippen molar-refractivity contribution in [1.82, 2.24) is 10.6 Å². The average Bonchev–Trinajstić information content (AvgIpc) is 3.14. The molecule has 1 heterocycles. The number of benzene rings is 1. The molecule has 3 aliphatic rings. The van der Waals surface area contributed by atoms with Crippen LogP contribution < -0.4 is 10.6 Å². The van der Waals surface area contributed by atoms with E-state index < -0.39 is 0 Å². The molecule has 4 rings (SSSR count). The molecule has 0 amide bonds. The molecule has 0 spiro atoms. The maximum atomic E-state index is 3.96. The zero-order valence-electron chi connectivity index (χ0n) is 10.8. The minimum absolute atomic E-state index is 0.749. The van der Waals surface area contributed by atoms with Gasteiger partial charge < -0.3 is 10.6 Å². The Labute approximate surface area is 109 Å². The molecule has 4 atom stereocenters. The topological polar surface area (TPSA) is 24.1 Å². The van der Waals surface area contributed by atoms with Crippen LogP contribution in [0.4, 0.5) is 0 Å². The van der Waals surface area contributed by atoms with Crippen LogP contribution in [-0.4, -0.2) is 25.2 Å². The molecule has 96 valence electrons. The minimum atomic E-state index is 0.749. The first-order valence-corrected chi connectivity index (χ1v) is 7.43. The lowest BCUT2D eigenvalue weighted by Gasteiger charge is -2.32. The van der Waals surface area contributed by atoms with Gasteiger partial charge in [0, 0.05) is 18.0 Å². The van der Waals surface area contributed by atoms with Crippen molar-refractivity contribution in [3.05, 3.63) is 35.9 Å². The second kappa shape index (κ2) is 4.36. The molecule has 2 heteroatoms. The van der Waals surface area contributed by atoms with Gasteiger partial charge in [-0.15, -0.1) is 0 Å². The van der Waals surface area contributed by atoms with Crippen LogP contribution in [0.3, 0.4) is 0 Å². The third kappa shape index (κ3) is 1.88. The summed E-state index contributed by atoms with van der Waals surface area (Å²) >= 11 is 0. The van der Waals surface area contributed by atoms with Crippen LogP contribution in [0, 0.1) is 11.8 Å². The lowest BCUT2D eigenvalue weighted by Crippen LogP contribution is -2.50. The Balaban J connectivity index is 1.40. The molecule has 4 unspecified atom stereocenters. The summed E-state index contributed by atoms with van der Waals surface area (Å²) in [7, 11) is 0. The fourth-order valence-electron chi connectivity index (χ4n) is 4.05. The Kier molecular flexibility index (Phi) is 2.66. The average molecular weight is 242 g/mol. The van der Waals surface area contributed by atoms with Crippen molar-refractivity contribution in [3.63, 3.8) is 0 Å². The molecule has 0 radical (unpaired) electrons. The van der Waals surface area contributed by atoms with Gasteiger partial charge in [0.15, 0.2) is 0 Å². The summed E-state index contributed by atoms with van der Waals surface area (Å²) in [5.41, 5.74) is 1.52. The maximum absolute atomic E-state index is 3.96. The number of nitrogens with one attached hydrogen (secondary N) is 2. The number of fused-ring (bicyclic) bond motifs is 2. The van der Waals surface area contributed by atoms with Gasteiger partial charge in [-0.2, -0.15) is 0 Å². The van der Waals surface area contributed by atoms with Gasteiger partial charge in [0.05, 0.1) is 0 Å². The molecule has 2 N–H and O–H groups in total. The van der Waals surface area contributed by atoms with Gasteiger partial charge in [-0.25, -0.2) is 0 Å². The second-order valence-electron chi connectivity index (χ2n) is 6.31. The number of hydrogen-bond donors (Lipinski definition) is 2. The van der Waals surface area contributed by atoms with Gasteiger partial charge in [0.2, 0.25) is 0 Å². The lowest BCUT2D eigenvalue weighted by molar-refractivity contribution is 0.269. The van der Waals surface area contributed by atoms with E-state index in [1.165, 1.54) is 37.9 Å². The van der Waals surface area contributed by atoms with Crippen molar-refractivity contribution in [2.75, 3.05) is 13.1 Å². The SMILES string of the molecule is c1ccc(C2CC2NC2C3CCC2CNC3)cc1. The van der Waals surface area contributed by atoms with E-state index >= 15 is 0 Å². The molecular weight excluding hydrogens is 220 g/mol. The van der Waals surface area contributed by atoms with Crippen molar-refractivity contribution in [1.29, 1.82) is 0 Å². The number of hydrogen-bond acceptors (Lipinski definition) is 2. The zero-order chi connectivity index (χ0) is 11.9. The molecule has 18 heavy (non-hydrogen) atoms. The Bertz CT molecular complexity index is 400. The third-order valence-corrected chi connectivity index (χ3v) is 5.16. The molecule has 2 bridgehead atoms. The summed E-state index contributed by atoms with van der Waals surface area (Å²) in [5, 5.41) is 7.54. The van der Waals surface area contributed by atoms with E-state index in [1.54, 1.807) is 0 Å². The summed E-state index contributed by atoms with van der Waals surface area (Å²) in [6, 6.07) is 12.6. The van der Waals surface area contributed by atoms with Crippen molar-refractivity contribution in [2.24, 2.45) is 11.8 Å². The van der Waals surface area contributed by atoms with Crippen LogP contribution in [0.1, 0.15) is 30.7 Å². The Morgan fingerprint density at radius 2 is 1.72 bits per heavy atom. The summed E-state index contributed by atoms with van der Waals surface area (Å²) < 4.78 is 0. The van der Waals surface area contributed by atoms with E-state index in [9.17, 15) is 0 Å². The first-order valence-electron chi connectivity index (χ1n) is 7.43. The predicted octanol–water partition coefficient (Wildman–Crippen LogP) is 2.13. The minimum Gasteiger partial charge on any atom is -0.316 e. The standard InChI is InChI=1S/C16H22N2/c1-2-4-11(5-3-1)14-8-15(14)18-16-12-6-7-13(16)10-17-9-12/h1-5,12-18H,6-10H2. The second-order valence-corrected chi connectivity index (χ2v) is 6.31. The van der Waals surface area contributed by atoms with Crippen molar-refractivity contribution in [2.45, 2.75) is 37.3 Å². The highest BCUT2D eigenvalue weighted by molar-refractivity contribution is 5.28. The molecule has 2 saturated carbocycles. The van der Waals surface area contributed by atoms with Crippen LogP contribution >= 0.6 is 0 Å². The van der Waals surface area contributed by atoms with Gasteiger partial charge >= 0.3 is 0 Å². The quantitative estimate of drug-likeness (QED) is 0.848. The van der Waals surface area contributed by atoms with Gasteiger partial charge in [-0.1, -0.05) is 30.3 Å². The van der Waals surface area contributed by atoms with E-state index in [2.05, 4.69) is 41.0 Å². The fourth-order valence-corrected chi connectivity index (χ4v) is 4.05. The smallest absolute Gasteiger partial charge is 0.0151 e. The Morgan fingerprint density at radius 3 is 2.44 bits per heavy atom. The van der Waals surface area contributed by atoms with Gasteiger partial charge in [-0.3, -0.25) is 0 Å².